The summed E-state index contributed by atoms with van der Waals surface area (Å²) >= 11 is 0. The highest BCUT2D eigenvalue weighted by molar-refractivity contribution is 5.64. The Balaban J connectivity index is 1.26. The molecule has 174 valence electrons. The Morgan fingerprint density at radius 3 is 2.70 bits per heavy atom. The number of aryl methyl sites for hydroxylation is 1. The zero-order valence-corrected chi connectivity index (χ0v) is 19.7. The number of aromatic nitrogens is 3. The van der Waals surface area contributed by atoms with Crippen molar-refractivity contribution in [3.8, 4) is 22.8 Å². The van der Waals surface area contributed by atoms with Crippen molar-refractivity contribution in [1.82, 2.24) is 25.0 Å². The van der Waals surface area contributed by atoms with E-state index in [0.29, 0.717) is 17.9 Å². The van der Waals surface area contributed by atoms with Gasteiger partial charge in [0.05, 0.1) is 25.6 Å². The number of fused-ring (bicyclic) bond motifs is 3. The molecule has 6 rings (SSSR count). The highest BCUT2D eigenvalue weighted by Gasteiger charge is 2.41. The molecule has 4 atom stereocenters. The third-order valence-corrected chi connectivity index (χ3v) is 7.27. The number of benzene rings is 1. The summed E-state index contributed by atoms with van der Waals surface area (Å²) in [6, 6.07) is 14.9. The quantitative estimate of drug-likeness (QED) is 0.571. The minimum Gasteiger partial charge on any atom is -0.493 e. The van der Waals surface area contributed by atoms with Crippen LogP contribution in [0.5, 0.6) is 11.5 Å². The number of hydrogen-bond acceptors (Lipinski definition) is 6. The molecule has 4 unspecified atom stereocenters. The number of ether oxygens (including phenoxy) is 2. The molecule has 1 N–H and O–H groups in total. The fourth-order valence-electron chi connectivity index (χ4n) is 5.52. The molecule has 3 aromatic rings. The number of methoxy groups -OCH3 is 2. The van der Waals surface area contributed by atoms with E-state index >= 15 is 0 Å². The van der Waals surface area contributed by atoms with Crippen LogP contribution >= 0.6 is 0 Å². The van der Waals surface area contributed by atoms with Crippen LogP contribution in [0.3, 0.4) is 0 Å². The molecular weight excluding hydrogens is 414 g/mol. The van der Waals surface area contributed by atoms with Gasteiger partial charge in [-0.2, -0.15) is 5.10 Å². The van der Waals surface area contributed by atoms with Crippen molar-refractivity contribution < 1.29 is 9.47 Å². The molecule has 0 saturated carbocycles. The Labute approximate surface area is 195 Å². The van der Waals surface area contributed by atoms with E-state index < -0.39 is 0 Å². The molecule has 0 spiro atoms. The minimum atomic E-state index is 0.525. The van der Waals surface area contributed by atoms with Crippen LogP contribution in [-0.2, 0) is 13.6 Å². The van der Waals surface area contributed by atoms with Crippen molar-refractivity contribution in [3.05, 3.63) is 60.0 Å². The molecule has 2 aromatic heterocycles. The Morgan fingerprint density at radius 1 is 1.09 bits per heavy atom. The number of piperidine rings is 3. The summed E-state index contributed by atoms with van der Waals surface area (Å²) in [4.78, 5) is 7.08. The maximum Gasteiger partial charge on any atom is 0.161 e. The van der Waals surface area contributed by atoms with Crippen molar-refractivity contribution >= 4 is 0 Å². The summed E-state index contributed by atoms with van der Waals surface area (Å²) in [5, 5.41) is 8.48. The smallest absolute Gasteiger partial charge is 0.161 e. The van der Waals surface area contributed by atoms with Gasteiger partial charge in [-0.15, -0.1) is 0 Å². The zero-order chi connectivity index (χ0) is 22.8. The zero-order valence-electron chi connectivity index (χ0n) is 19.7. The summed E-state index contributed by atoms with van der Waals surface area (Å²) in [5.74, 6) is 2.69. The summed E-state index contributed by atoms with van der Waals surface area (Å²) in [7, 11) is 5.40. The van der Waals surface area contributed by atoms with Gasteiger partial charge in [0.2, 0.25) is 0 Å². The first-order valence-electron chi connectivity index (χ1n) is 11.8. The first-order valence-corrected chi connectivity index (χ1v) is 11.8. The lowest BCUT2D eigenvalue weighted by atomic mass is 9.74. The average molecular weight is 448 g/mol. The number of rotatable bonds is 8. The molecule has 33 heavy (non-hydrogen) atoms. The van der Waals surface area contributed by atoms with Gasteiger partial charge in [0, 0.05) is 56.1 Å². The molecule has 3 saturated heterocycles. The Bertz CT molecular complexity index is 1080. The monoisotopic (exact) mass is 447 g/mol. The van der Waals surface area contributed by atoms with Crippen molar-refractivity contribution in [2.24, 2.45) is 13.0 Å². The van der Waals surface area contributed by atoms with Gasteiger partial charge in [0.25, 0.3) is 0 Å². The molecule has 3 aliphatic heterocycles. The van der Waals surface area contributed by atoms with Crippen molar-refractivity contribution in [1.29, 1.82) is 0 Å². The lowest BCUT2D eigenvalue weighted by Gasteiger charge is -2.50. The van der Waals surface area contributed by atoms with Crippen molar-refractivity contribution in [2.75, 3.05) is 33.9 Å². The van der Waals surface area contributed by atoms with Crippen LogP contribution in [0.25, 0.3) is 11.3 Å². The normalized spacial score (nSPS) is 24.1. The Morgan fingerprint density at radius 2 is 1.97 bits per heavy atom. The molecule has 0 aliphatic carbocycles. The van der Waals surface area contributed by atoms with Gasteiger partial charge < -0.3 is 14.8 Å². The predicted octanol–water partition coefficient (Wildman–Crippen LogP) is 3.47. The average Bonchev–Trinajstić information content (AvgIpc) is 3.26. The molecule has 0 radical (unpaired) electrons. The maximum absolute atomic E-state index is 5.49. The van der Waals surface area contributed by atoms with Crippen LogP contribution in [0.4, 0.5) is 0 Å². The lowest BCUT2D eigenvalue weighted by Crippen LogP contribution is -2.55. The Kier molecular flexibility index (Phi) is 6.33. The predicted molar refractivity (Wildman–Crippen MR) is 129 cm³/mol. The van der Waals surface area contributed by atoms with E-state index in [-0.39, 0.29) is 0 Å². The van der Waals surface area contributed by atoms with Gasteiger partial charge in [0.1, 0.15) is 0 Å². The largest absolute Gasteiger partial charge is 0.493 e. The summed E-state index contributed by atoms with van der Waals surface area (Å²) in [6.45, 7) is 4.14. The number of nitrogens with zero attached hydrogens (tertiary/aromatic N) is 4. The van der Waals surface area contributed by atoms with Gasteiger partial charge in [-0.1, -0.05) is 6.07 Å². The fourth-order valence-corrected chi connectivity index (χ4v) is 5.52. The van der Waals surface area contributed by atoms with Crippen LogP contribution in [0.2, 0.25) is 0 Å². The van der Waals surface area contributed by atoms with E-state index in [4.69, 9.17) is 14.6 Å². The fraction of sp³-hybridized carbons (Fsp3) is 0.462. The summed E-state index contributed by atoms with van der Waals surface area (Å²) in [5.41, 5.74) is 4.46. The molecule has 0 amide bonds. The second kappa shape index (κ2) is 9.53. The second-order valence-corrected chi connectivity index (χ2v) is 9.14. The second-order valence-electron chi connectivity index (χ2n) is 9.14. The molecule has 3 aliphatic rings. The van der Waals surface area contributed by atoms with Crippen LogP contribution < -0.4 is 14.8 Å². The van der Waals surface area contributed by atoms with E-state index in [1.54, 1.807) is 14.2 Å². The van der Waals surface area contributed by atoms with Crippen LogP contribution in [0.15, 0.2) is 48.7 Å². The summed E-state index contributed by atoms with van der Waals surface area (Å²) < 4.78 is 12.9. The molecule has 5 heterocycles. The third kappa shape index (κ3) is 4.48. The van der Waals surface area contributed by atoms with Crippen LogP contribution in [-0.4, -0.2) is 59.6 Å². The SMILES string of the molecule is COc1ccc(-c2cc(C3CN4CCC3CC4CNCc3ccccn3)n(C)n2)cc1OC. The Hall–Kier alpha value is -2.90. The highest BCUT2D eigenvalue weighted by Crippen LogP contribution is 2.42. The van der Waals surface area contributed by atoms with Gasteiger partial charge >= 0.3 is 0 Å². The summed E-state index contributed by atoms with van der Waals surface area (Å²) in [6.07, 6.45) is 4.35. The van der Waals surface area contributed by atoms with Gasteiger partial charge in [-0.05, 0) is 61.7 Å². The third-order valence-electron chi connectivity index (χ3n) is 7.27. The van der Waals surface area contributed by atoms with E-state index in [1.165, 1.54) is 25.1 Å². The first kappa shape index (κ1) is 21.9. The van der Waals surface area contributed by atoms with E-state index in [9.17, 15) is 0 Å². The van der Waals surface area contributed by atoms with Gasteiger partial charge in [0.15, 0.2) is 11.5 Å². The molecule has 3 fully saturated rings. The standard InChI is InChI=1S/C26H33N5O2/c1-30-24(14-23(29-30)19-7-8-25(32-2)26(13-19)33-3)22-17-31-11-9-18(22)12-21(31)16-27-15-20-6-4-5-10-28-20/h4-8,10,13-14,18,21-22,27H,9,11-12,15-17H2,1-3H3. The first-order chi connectivity index (χ1) is 16.2. The maximum atomic E-state index is 5.49. The molecule has 2 bridgehead atoms. The molecule has 1 aromatic carbocycles. The van der Waals surface area contributed by atoms with Crippen molar-refractivity contribution in [2.45, 2.75) is 31.3 Å². The van der Waals surface area contributed by atoms with Crippen LogP contribution in [0.1, 0.15) is 30.1 Å². The van der Waals surface area contributed by atoms with E-state index in [0.717, 1.165) is 48.1 Å². The van der Waals surface area contributed by atoms with Gasteiger partial charge in [-0.3, -0.25) is 14.6 Å². The number of hydrogen-bond donors (Lipinski definition) is 1. The van der Waals surface area contributed by atoms with Crippen LogP contribution in [0, 0.1) is 5.92 Å². The molecule has 7 nitrogen and oxygen atoms in total. The number of pyridine rings is 1. The highest BCUT2D eigenvalue weighted by atomic mass is 16.5. The van der Waals surface area contributed by atoms with Crippen molar-refractivity contribution in [3.63, 3.8) is 0 Å². The topological polar surface area (TPSA) is 64.4 Å². The molecule has 7 heteroatoms. The lowest BCUT2D eigenvalue weighted by molar-refractivity contribution is 0.0281. The van der Waals surface area contributed by atoms with Gasteiger partial charge in [-0.25, -0.2) is 0 Å². The van der Waals surface area contributed by atoms with E-state index in [1.807, 2.05) is 36.5 Å². The van der Waals surface area contributed by atoms with E-state index in [2.05, 4.69) is 39.1 Å². The number of nitrogens with one attached hydrogen (secondary N) is 1. The minimum absolute atomic E-state index is 0.525. The molecular formula is C26H33N5O2.